The van der Waals surface area contributed by atoms with Crippen LogP contribution in [0.5, 0.6) is 0 Å². The minimum absolute atomic E-state index is 0.344. The molecule has 1 N–H and O–H groups in total. The van der Waals surface area contributed by atoms with Gasteiger partial charge in [0.25, 0.3) is 0 Å². The van der Waals surface area contributed by atoms with E-state index in [1.54, 1.807) is 6.07 Å². The van der Waals surface area contributed by atoms with E-state index >= 15 is 0 Å². The number of hydrogen-bond acceptors (Lipinski definition) is 2. The third-order valence-corrected chi connectivity index (χ3v) is 4.95. The molecule has 0 saturated heterocycles. The van der Waals surface area contributed by atoms with Gasteiger partial charge in [-0.1, -0.05) is 19.3 Å². The van der Waals surface area contributed by atoms with Crippen molar-refractivity contribution in [1.82, 2.24) is 0 Å². The average Bonchev–Trinajstić information content (AvgIpc) is 2.45. The van der Waals surface area contributed by atoms with E-state index in [-0.39, 0.29) is 5.82 Å². The molecule has 0 heterocycles. The Labute approximate surface area is 113 Å². The highest BCUT2D eigenvalue weighted by Gasteiger charge is 2.46. The average molecular weight is 258 g/mol. The lowest BCUT2D eigenvalue weighted by Crippen LogP contribution is -2.50. The molecule has 100 valence electrons. The van der Waals surface area contributed by atoms with Gasteiger partial charge in [-0.05, 0) is 49.3 Å². The predicted octanol–water partition coefficient (Wildman–Crippen LogP) is 4.22. The van der Waals surface area contributed by atoms with Crippen LogP contribution >= 0.6 is 0 Å². The number of halogens is 1. The Morgan fingerprint density at radius 3 is 2.63 bits per heavy atom. The lowest BCUT2D eigenvalue weighted by molar-refractivity contribution is 0.0571. The number of nitrogens with one attached hydrogen (secondary N) is 1. The van der Waals surface area contributed by atoms with Gasteiger partial charge >= 0.3 is 0 Å². The molecule has 2 nitrogen and oxygen atoms in total. The standard InChI is InChI=1S/C16H19FN2/c17-13-4-5-14(12(10-13)11-18)19-15-6-9-16(15)7-2-1-3-8-16/h4-5,10,15,19H,1-3,6-9H2. The summed E-state index contributed by atoms with van der Waals surface area (Å²) in [5, 5.41) is 12.6. The van der Waals surface area contributed by atoms with Gasteiger partial charge in [0.1, 0.15) is 11.9 Å². The Kier molecular flexibility index (Phi) is 3.18. The molecular formula is C16H19FN2. The first-order valence-electron chi connectivity index (χ1n) is 7.20. The summed E-state index contributed by atoms with van der Waals surface area (Å²) in [6.45, 7) is 0. The number of benzene rings is 1. The van der Waals surface area contributed by atoms with Crippen molar-refractivity contribution in [3.63, 3.8) is 0 Å². The second kappa shape index (κ2) is 4.85. The Balaban J connectivity index is 1.77. The maximum atomic E-state index is 13.1. The van der Waals surface area contributed by atoms with Crippen molar-refractivity contribution in [3.8, 4) is 6.07 Å². The molecule has 3 rings (SSSR count). The Morgan fingerprint density at radius 2 is 2.00 bits per heavy atom. The number of nitriles is 1. The summed E-state index contributed by atoms with van der Waals surface area (Å²) in [6, 6.07) is 6.98. The Bertz CT molecular complexity index is 512. The first-order chi connectivity index (χ1) is 9.23. The van der Waals surface area contributed by atoms with E-state index in [1.807, 2.05) is 0 Å². The van der Waals surface area contributed by atoms with Crippen LogP contribution in [0.2, 0.25) is 0 Å². The number of hydrogen-bond donors (Lipinski definition) is 1. The van der Waals surface area contributed by atoms with Crippen molar-refractivity contribution in [2.75, 3.05) is 5.32 Å². The lowest BCUT2D eigenvalue weighted by atomic mass is 9.57. The fourth-order valence-electron chi connectivity index (χ4n) is 3.70. The van der Waals surface area contributed by atoms with Gasteiger partial charge in [0.05, 0.1) is 11.3 Å². The van der Waals surface area contributed by atoms with Crippen LogP contribution in [0.3, 0.4) is 0 Å². The summed E-state index contributed by atoms with van der Waals surface area (Å²) in [4.78, 5) is 0. The molecule has 1 spiro atoms. The van der Waals surface area contributed by atoms with E-state index in [0.29, 0.717) is 17.0 Å². The Hall–Kier alpha value is -1.56. The topological polar surface area (TPSA) is 35.8 Å². The second-order valence-corrected chi connectivity index (χ2v) is 5.96. The zero-order chi connectivity index (χ0) is 13.3. The van der Waals surface area contributed by atoms with Crippen molar-refractivity contribution in [2.24, 2.45) is 5.41 Å². The highest BCUT2D eigenvalue weighted by molar-refractivity contribution is 5.58. The van der Waals surface area contributed by atoms with Crippen LogP contribution in [0.15, 0.2) is 18.2 Å². The highest BCUT2D eigenvalue weighted by atomic mass is 19.1. The third-order valence-electron chi connectivity index (χ3n) is 4.95. The first kappa shape index (κ1) is 12.5. The fourth-order valence-corrected chi connectivity index (χ4v) is 3.70. The molecule has 0 bridgehead atoms. The smallest absolute Gasteiger partial charge is 0.124 e. The van der Waals surface area contributed by atoms with Gasteiger partial charge in [-0.3, -0.25) is 0 Å². The molecule has 3 heteroatoms. The maximum Gasteiger partial charge on any atom is 0.124 e. The number of nitrogens with zero attached hydrogens (tertiary/aromatic N) is 1. The molecular weight excluding hydrogens is 239 g/mol. The van der Waals surface area contributed by atoms with Crippen LogP contribution < -0.4 is 5.32 Å². The molecule has 2 fully saturated rings. The van der Waals surface area contributed by atoms with Gasteiger partial charge < -0.3 is 5.32 Å². The zero-order valence-corrected chi connectivity index (χ0v) is 11.1. The van der Waals surface area contributed by atoms with Crippen LogP contribution in [0.25, 0.3) is 0 Å². The van der Waals surface area contributed by atoms with Gasteiger partial charge in [-0.2, -0.15) is 5.26 Å². The van der Waals surface area contributed by atoms with Crippen LogP contribution in [-0.2, 0) is 0 Å². The molecule has 0 aliphatic heterocycles. The van der Waals surface area contributed by atoms with Crippen molar-refractivity contribution < 1.29 is 4.39 Å². The van der Waals surface area contributed by atoms with Crippen LogP contribution in [0, 0.1) is 22.6 Å². The fraction of sp³-hybridized carbons (Fsp3) is 0.562. The monoisotopic (exact) mass is 258 g/mol. The molecule has 2 saturated carbocycles. The first-order valence-corrected chi connectivity index (χ1v) is 7.20. The van der Waals surface area contributed by atoms with E-state index < -0.39 is 0 Å². The van der Waals surface area contributed by atoms with Crippen molar-refractivity contribution >= 4 is 5.69 Å². The van der Waals surface area contributed by atoms with E-state index in [2.05, 4.69) is 11.4 Å². The molecule has 19 heavy (non-hydrogen) atoms. The molecule has 1 unspecified atom stereocenters. The molecule has 0 radical (unpaired) electrons. The molecule has 1 aromatic rings. The Morgan fingerprint density at radius 1 is 1.21 bits per heavy atom. The predicted molar refractivity (Wildman–Crippen MR) is 73.3 cm³/mol. The van der Waals surface area contributed by atoms with E-state index in [0.717, 1.165) is 5.69 Å². The van der Waals surface area contributed by atoms with Crippen LogP contribution in [0.4, 0.5) is 10.1 Å². The summed E-state index contributed by atoms with van der Waals surface area (Å²) in [5.74, 6) is -0.344. The summed E-state index contributed by atoms with van der Waals surface area (Å²) in [6.07, 6.45) is 9.07. The van der Waals surface area contributed by atoms with Gasteiger partial charge in [-0.15, -0.1) is 0 Å². The number of anilines is 1. The lowest BCUT2D eigenvalue weighted by Gasteiger charge is -2.52. The molecule has 1 aromatic carbocycles. The van der Waals surface area contributed by atoms with E-state index in [1.165, 1.54) is 57.1 Å². The summed E-state index contributed by atoms with van der Waals surface area (Å²) < 4.78 is 13.1. The summed E-state index contributed by atoms with van der Waals surface area (Å²) >= 11 is 0. The van der Waals surface area contributed by atoms with Gasteiger partial charge in [0.2, 0.25) is 0 Å². The molecule has 0 amide bonds. The largest absolute Gasteiger partial charge is 0.381 e. The second-order valence-electron chi connectivity index (χ2n) is 5.96. The van der Waals surface area contributed by atoms with Crippen molar-refractivity contribution in [1.29, 1.82) is 5.26 Å². The minimum atomic E-state index is -0.344. The van der Waals surface area contributed by atoms with Crippen molar-refractivity contribution in [3.05, 3.63) is 29.6 Å². The maximum absolute atomic E-state index is 13.1. The van der Waals surface area contributed by atoms with Crippen LogP contribution in [-0.4, -0.2) is 6.04 Å². The summed E-state index contributed by atoms with van der Waals surface area (Å²) in [5.41, 5.74) is 1.65. The molecule has 2 aliphatic rings. The quantitative estimate of drug-likeness (QED) is 0.862. The van der Waals surface area contributed by atoms with Gasteiger partial charge in [0.15, 0.2) is 0 Å². The number of rotatable bonds is 2. The minimum Gasteiger partial charge on any atom is -0.381 e. The van der Waals surface area contributed by atoms with Crippen molar-refractivity contribution in [2.45, 2.75) is 51.0 Å². The third kappa shape index (κ3) is 2.20. The van der Waals surface area contributed by atoms with E-state index in [4.69, 9.17) is 5.26 Å². The molecule has 0 aromatic heterocycles. The van der Waals surface area contributed by atoms with Crippen LogP contribution in [0.1, 0.15) is 50.5 Å². The SMILES string of the molecule is N#Cc1cc(F)ccc1NC1CCC12CCCCC2. The molecule has 1 atom stereocenters. The van der Waals surface area contributed by atoms with E-state index in [9.17, 15) is 4.39 Å². The highest BCUT2D eigenvalue weighted by Crippen LogP contribution is 2.52. The van der Waals surface area contributed by atoms with Gasteiger partial charge in [0, 0.05) is 6.04 Å². The summed E-state index contributed by atoms with van der Waals surface area (Å²) in [7, 11) is 0. The zero-order valence-electron chi connectivity index (χ0n) is 11.1. The normalized spacial score (nSPS) is 24.5. The molecule has 2 aliphatic carbocycles. The van der Waals surface area contributed by atoms with Gasteiger partial charge in [-0.25, -0.2) is 4.39 Å².